The quantitative estimate of drug-likeness (QED) is 0.602. The zero-order valence-electron chi connectivity index (χ0n) is 6.49. The number of pyridine rings is 1. The zero-order valence-corrected chi connectivity index (χ0v) is 6.49. The van der Waals surface area contributed by atoms with E-state index < -0.39 is 0 Å². The van der Waals surface area contributed by atoms with Crippen molar-refractivity contribution in [3.05, 3.63) is 30.7 Å². The number of aromatic nitrogens is 2. The van der Waals surface area contributed by atoms with E-state index in [-0.39, 0.29) is 0 Å². The molecule has 2 rings (SSSR count). The van der Waals surface area contributed by atoms with Crippen LogP contribution in [0.15, 0.2) is 30.7 Å². The van der Waals surface area contributed by atoms with Crippen LogP contribution in [0.4, 0.5) is 0 Å². The first-order valence-corrected chi connectivity index (χ1v) is 3.80. The third-order valence-electron chi connectivity index (χ3n) is 1.83. The Balaban J connectivity index is 2.69. The highest BCUT2D eigenvalue weighted by Crippen LogP contribution is 2.10. The molecule has 0 fully saturated rings. The van der Waals surface area contributed by atoms with Gasteiger partial charge >= 0.3 is 0 Å². The van der Waals surface area contributed by atoms with E-state index in [4.69, 9.17) is 0 Å². The first-order valence-electron chi connectivity index (χ1n) is 3.80. The number of hydrogen-bond acceptors (Lipinski definition) is 1. The summed E-state index contributed by atoms with van der Waals surface area (Å²) < 4.78 is 2.14. The van der Waals surface area contributed by atoms with Gasteiger partial charge in [-0.05, 0) is 19.1 Å². The summed E-state index contributed by atoms with van der Waals surface area (Å²) >= 11 is 0. The maximum absolute atomic E-state index is 4.23. The molecular formula is C9H10N2. The van der Waals surface area contributed by atoms with Crippen molar-refractivity contribution in [1.29, 1.82) is 0 Å². The average Bonchev–Trinajstić information content (AvgIpc) is 2.46. The second kappa shape index (κ2) is 2.38. The summed E-state index contributed by atoms with van der Waals surface area (Å²) in [6.07, 6.45) is 6.00. The molecule has 0 amide bonds. The van der Waals surface area contributed by atoms with Gasteiger partial charge in [0.15, 0.2) is 0 Å². The second-order valence-corrected chi connectivity index (χ2v) is 2.57. The van der Waals surface area contributed by atoms with Crippen LogP contribution in [0.1, 0.15) is 6.92 Å². The maximum Gasteiger partial charge on any atom is 0.0878 e. The van der Waals surface area contributed by atoms with Crippen molar-refractivity contribution in [2.45, 2.75) is 13.5 Å². The van der Waals surface area contributed by atoms with Crippen molar-refractivity contribution in [1.82, 2.24) is 9.55 Å². The van der Waals surface area contributed by atoms with E-state index in [1.54, 1.807) is 0 Å². The van der Waals surface area contributed by atoms with Crippen LogP contribution in [0.2, 0.25) is 0 Å². The van der Waals surface area contributed by atoms with E-state index in [1.165, 1.54) is 5.39 Å². The largest absolute Gasteiger partial charge is 0.352 e. The van der Waals surface area contributed by atoms with Crippen LogP contribution in [-0.4, -0.2) is 9.55 Å². The molecule has 0 aromatic carbocycles. The second-order valence-electron chi connectivity index (χ2n) is 2.57. The molecule has 2 aromatic rings. The van der Waals surface area contributed by atoms with Gasteiger partial charge in [-0.15, -0.1) is 0 Å². The molecule has 0 bridgehead atoms. The Kier molecular flexibility index (Phi) is 1.39. The van der Waals surface area contributed by atoms with Crippen molar-refractivity contribution in [3.8, 4) is 0 Å². The minimum atomic E-state index is 1.01. The van der Waals surface area contributed by atoms with Gasteiger partial charge in [0.2, 0.25) is 0 Å². The predicted octanol–water partition coefficient (Wildman–Crippen LogP) is 2.06. The van der Waals surface area contributed by atoms with E-state index in [0.717, 1.165) is 12.1 Å². The molecule has 11 heavy (non-hydrogen) atoms. The van der Waals surface area contributed by atoms with Crippen LogP contribution in [-0.2, 0) is 6.54 Å². The van der Waals surface area contributed by atoms with Gasteiger partial charge in [-0.1, -0.05) is 0 Å². The van der Waals surface area contributed by atoms with Crippen LogP contribution in [0.3, 0.4) is 0 Å². The fourth-order valence-electron chi connectivity index (χ4n) is 1.20. The fourth-order valence-corrected chi connectivity index (χ4v) is 1.20. The molecule has 0 saturated heterocycles. The van der Waals surface area contributed by atoms with E-state index >= 15 is 0 Å². The van der Waals surface area contributed by atoms with Gasteiger partial charge in [0.05, 0.1) is 5.52 Å². The Morgan fingerprint density at radius 3 is 3.09 bits per heavy atom. The van der Waals surface area contributed by atoms with E-state index in [9.17, 15) is 0 Å². The van der Waals surface area contributed by atoms with Crippen LogP contribution in [0.5, 0.6) is 0 Å². The van der Waals surface area contributed by atoms with Gasteiger partial charge in [-0.25, -0.2) is 0 Å². The summed E-state index contributed by atoms with van der Waals surface area (Å²) in [7, 11) is 0. The standard InChI is InChI=1S/C9H10N2/c1-2-11-6-8-4-3-5-10-9(8)7-11/h3-7H,2H2,1H3. The minimum Gasteiger partial charge on any atom is -0.352 e. The minimum absolute atomic E-state index is 1.01. The van der Waals surface area contributed by atoms with Crippen molar-refractivity contribution < 1.29 is 0 Å². The molecule has 0 N–H and O–H groups in total. The lowest BCUT2D eigenvalue weighted by Crippen LogP contribution is -1.85. The molecule has 2 aromatic heterocycles. The SMILES string of the molecule is CCn1cc2cccnc2c1. The highest BCUT2D eigenvalue weighted by Gasteiger charge is 1.94. The van der Waals surface area contributed by atoms with E-state index in [0.29, 0.717) is 0 Å². The summed E-state index contributed by atoms with van der Waals surface area (Å²) in [5, 5.41) is 1.22. The highest BCUT2D eigenvalue weighted by molar-refractivity contribution is 5.77. The van der Waals surface area contributed by atoms with Gasteiger partial charge in [-0.3, -0.25) is 4.98 Å². The molecule has 0 aliphatic carbocycles. The van der Waals surface area contributed by atoms with Crippen LogP contribution >= 0.6 is 0 Å². The smallest absolute Gasteiger partial charge is 0.0878 e. The lowest BCUT2D eigenvalue weighted by atomic mass is 10.3. The summed E-state index contributed by atoms with van der Waals surface area (Å²) in [6.45, 7) is 3.13. The van der Waals surface area contributed by atoms with Crippen LogP contribution < -0.4 is 0 Å². The molecule has 0 unspecified atom stereocenters. The molecule has 0 radical (unpaired) electrons. The molecule has 2 heterocycles. The lowest BCUT2D eigenvalue weighted by molar-refractivity contribution is 0.772. The van der Waals surface area contributed by atoms with E-state index in [2.05, 4.69) is 34.9 Å². The molecular weight excluding hydrogens is 136 g/mol. The molecule has 2 heteroatoms. The monoisotopic (exact) mass is 146 g/mol. The molecule has 56 valence electrons. The summed E-state index contributed by atoms with van der Waals surface area (Å²) in [5.41, 5.74) is 1.08. The Labute approximate surface area is 65.5 Å². The van der Waals surface area contributed by atoms with Gasteiger partial charge in [0, 0.05) is 30.5 Å². The summed E-state index contributed by atoms with van der Waals surface area (Å²) in [5.74, 6) is 0. The Morgan fingerprint density at radius 2 is 2.36 bits per heavy atom. The molecule has 0 atom stereocenters. The highest BCUT2D eigenvalue weighted by atomic mass is 14.9. The first-order chi connectivity index (χ1) is 5.40. The number of aryl methyl sites for hydroxylation is 1. The number of rotatable bonds is 1. The average molecular weight is 146 g/mol. The number of nitrogens with zero attached hydrogens (tertiary/aromatic N) is 2. The first kappa shape index (κ1) is 6.40. The van der Waals surface area contributed by atoms with Crippen LogP contribution in [0, 0.1) is 0 Å². The number of hydrogen-bond donors (Lipinski definition) is 0. The predicted molar refractivity (Wildman–Crippen MR) is 45.4 cm³/mol. The van der Waals surface area contributed by atoms with Gasteiger partial charge < -0.3 is 4.57 Å². The topological polar surface area (TPSA) is 17.8 Å². The number of fused-ring (bicyclic) bond motifs is 1. The van der Waals surface area contributed by atoms with Gasteiger partial charge in [0.25, 0.3) is 0 Å². The molecule has 0 aliphatic rings. The normalized spacial score (nSPS) is 10.6. The Hall–Kier alpha value is -1.31. The van der Waals surface area contributed by atoms with Crippen molar-refractivity contribution in [3.63, 3.8) is 0 Å². The third kappa shape index (κ3) is 1.00. The zero-order chi connectivity index (χ0) is 7.68. The third-order valence-corrected chi connectivity index (χ3v) is 1.83. The molecule has 0 spiro atoms. The molecule has 0 aliphatic heterocycles. The summed E-state index contributed by atoms with van der Waals surface area (Å²) in [4.78, 5) is 4.23. The molecule has 2 nitrogen and oxygen atoms in total. The van der Waals surface area contributed by atoms with E-state index in [1.807, 2.05) is 12.3 Å². The van der Waals surface area contributed by atoms with Crippen LogP contribution in [0.25, 0.3) is 10.9 Å². The lowest BCUT2D eigenvalue weighted by Gasteiger charge is -1.90. The summed E-state index contributed by atoms with van der Waals surface area (Å²) in [6, 6.07) is 4.04. The van der Waals surface area contributed by atoms with Gasteiger partial charge in [0.1, 0.15) is 0 Å². The Bertz CT molecular complexity index is 329. The maximum atomic E-state index is 4.23. The van der Waals surface area contributed by atoms with Gasteiger partial charge in [-0.2, -0.15) is 0 Å². The van der Waals surface area contributed by atoms with Crippen molar-refractivity contribution >= 4 is 10.9 Å². The van der Waals surface area contributed by atoms with Crippen molar-refractivity contribution in [2.24, 2.45) is 0 Å². The molecule has 0 saturated carbocycles. The Morgan fingerprint density at radius 1 is 1.45 bits per heavy atom. The van der Waals surface area contributed by atoms with Crippen molar-refractivity contribution in [2.75, 3.05) is 0 Å². The fraction of sp³-hybridized carbons (Fsp3) is 0.222.